The van der Waals surface area contributed by atoms with Gasteiger partial charge in [-0.15, -0.1) is 6.42 Å². The largest absolute Gasteiger partial charge is 0.478 e. The Morgan fingerprint density at radius 2 is 2.00 bits per heavy atom. The number of carbonyl (C=O) groups excluding carboxylic acids is 1. The van der Waals surface area contributed by atoms with Crippen molar-refractivity contribution >= 4 is 12.0 Å². The molecule has 0 aromatic heterocycles. The molecule has 0 fully saturated rings. The van der Waals surface area contributed by atoms with Gasteiger partial charge in [-0.3, -0.25) is 0 Å². The Hall–Kier alpha value is -2.48. The fourth-order valence-corrected chi connectivity index (χ4v) is 1.24. The van der Waals surface area contributed by atoms with E-state index in [2.05, 4.69) is 16.6 Å². The van der Waals surface area contributed by atoms with E-state index >= 15 is 0 Å². The first-order valence-corrected chi connectivity index (χ1v) is 5.35. The van der Waals surface area contributed by atoms with Crippen molar-refractivity contribution in [2.75, 3.05) is 0 Å². The lowest BCUT2D eigenvalue weighted by Crippen LogP contribution is -2.39. The van der Waals surface area contributed by atoms with Crippen LogP contribution in [-0.2, 0) is 6.54 Å². The number of hydrogen-bond acceptors (Lipinski definition) is 2. The zero-order valence-corrected chi connectivity index (χ0v) is 9.93. The van der Waals surface area contributed by atoms with Crippen LogP contribution in [0.4, 0.5) is 4.79 Å². The summed E-state index contributed by atoms with van der Waals surface area (Å²) < 4.78 is 0. The molecule has 0 bridgehead atoms. The van der Waals surface area contributed by atoms with Crippen molar-refractivity contribution in [2.24, 2.45) is 0 Å². The third kappa shape index (κ3) is 4.18. The minimum absolute atomic E-state index is 0.212. The van der Waals surface area contributed by atoms with Gasteiger partial charge < -0.3 is 15.7 Å². The summed E-state index contributed by atoms with van der Waals surface area (Å²) in [5.74, 6) is 1.40. The zero-order chi connectivity index (χ0) is 13.5. The lowest BCUT2D eigenvalue weighted by molar-refractivity contribution is 0.0697. The summed E-state index contributed by atoms with van der Waals surface area (Å²) in [4.78, 5) is 22.0. The topological polar surface area (TPSA) is 78.4 Å². The molecule has 0 heterocycles. The highest BCUT2D eigenvalue weighted by Gasteiger charge is 2.05. The SMILES string of the molecule is C#CC(C)NC(=O)NCc1ccc(C(=O)O)cc1. The van der Waals surface area contributed by atoms with Crippen LogP contribution in [0.1, 0.15) is 22.8 Å². The van der Waals surface area contributed by atoms with E-state index in [1.54, 1.807) is 19.1 Å². The first kappa shape index (κ1) is 13.6. The van der Waals surface area contributed by atoms with Crippen LogP contribution in [-0.4, -0.2) is 23.1 Å². The average molecular weight is 246 g/mol. The first-order chi connectivity index (χ1) is 8.52. The highest BCUT2D eigenvalue weighted by Crippen LogP contribution is 2.04. The minimum Gasteiger partial charge on any atom is -0.478 e. The molecule has 0 aliphatic heterocycles. The average Bonchev–Trinajstić information content (AvgIpc) is 2.36. The van der Waals surface area contributed by atoms with Crippen molar-refractivity contribution < 1.29 is 14.7 Å². The third-order valence-electron chi connectivity index (χ3n) is 2.25. The number of nitrogens with one attached hydrogen (secondary N) is 2. The molecular weight excluding hydrogens is 232 g/mol. The van der Waals surface area contributed by atoms with Gasteiger partial charge in [-0.05, 0) is 24.6 Å². The smallest absolute Gasteiger partial charge is 0.335 e. The fourth-order valence-electron chi connectivity index (χ4n) is 1.24. The fraction of sp³-hybridized carbons (Fsp3) is 0.231. The van der Waals surface area contributed by atoms with E-state index < -0.39 is 5.97 Å². The second-order valence-electron chi connectivity index (χ2n) is 3.72. The molecule has 1 aromatic rings. The Bertz CT molecular complexity index is 474. The lowest BCUT2D eigenvalue weighted by atomic mass is 10.1. The number of terminal acetylenes is 1. The Morgan fingerprint density at radius 3 is 2.50 bits per heavy atom. The zero-order valence-electron chi connectivity index (χ0n) is 9.93. The second kappa shape index (κ2) is 6.30. The van der Waals surface area contributed by atoms with Gasteiger partial charge in [-0.1, -0.05) is 18.1 Å². The highest BCUT2D eigenvalue weighted by atomic mass is 16.4. The molecule has 5 heteroatoms. The van der Waals surface area contributed by atoms with Gasteiger partial charge in [-0.25, -0.2) is 9.59 Å². The molecule has 0 spiro atoms. The number of carboxylic acid groups (broad SMARTS) is 1. The molecule has 0 radical (unpaired) electrons. The summed E-state index contributed by atoms with van der Waals surface area (Å²) in [6.07, 6.45) is 5.12. The van der Waals surface area contributed by atoms with Crippen molar-refractivity contribution in [2.45, 2.75) is 19.5 Å². The molecule has 5 nitrogen and oxygen atoms in total. The maximum absolute atomic E-state index is 11.3. The van der Waals surface area contributed by atoms with Gasteiger partial charge in [0, 0.05) is 6.54 Å². The van der Waals surface area contributed by atoms with Gasteiger partial charge in [0.2, 0.25) is 0 Å². The molecule has 1 aromatic carbocycles. The van der Waals surface area contributed by atoms with Gasteiger partial charge in [0.15, 0.2) is 0 Å². The number of carbonyl (C=O) groups is 2. The van der Waals surface area contributed by atoms with Crippen molar-refractivity contribution in [3.63, 3.8) is 0 Å². The molecular formula is C13H14N2O3. The van der Waals surface area contributed by atoms with Gasteiger partial charge in [0.05, 0.1) is 11.6 Å². The second-order valence-corrected chi connectivity index (χ2v) is 3.72. The Morgan fingerprint density at radius 1 is 1.39 bits per heavy atom. The number of urea groups is 1. The van der Waals surface area contributed by atoms with Gasteiger partial charge in [0.1, 0.15) is 0 Å². The maximum atomic E-state index is 11.3. The van der Waals surface area contributed by atoms with Crippen molar-refractivity contribution in [3.8, 4) is 12.3 Å². The monoisotopic (exact) mass is 246 g/mol. The standard InChI is InChI=1S/C13H14N2O3/c1-3-9(2)15-13(18)14-8-10-4-6-11(7-5-10)12(16)17/h1,4-7,9H,8H2,2H3,(H,16,17)(H2,14,15,18). The van der Waals surface area contributed by atoms with Crippen molar-refractivity contribution in [3.05, 3.63) is 35.4 Å². The van der Waals surface area contributed by atoms with Crippen LogP contribution in [0.15, 0.2) is 24.3 Å². The summed E-state index contributed by atoms with van der Waals surface area (Å²) in [6, 6.07) is 5.58. The summed E-state index contributed by atoms with van der Waals surface area (Å²) in [7, 11) is 0. The highest BCUT2D eigenvalue weighted by molar-refractivity contribution is 5.87. The number of carboxylic acids is 1. The lowest BCUT2D eigenvalue weighted by Gasteiger charge is -2.09. The third-order valence-corrected chi connectivity index (χ3v) is 2.25. The van der Waals surface area contributed by atoms with Gasteiger partial charge in [-0.2, -0.15) is 0 Å². The van der Waals surface area contributed by atoms with Crippen LogP contribution < -0.4 is 10.6 Å². The van der Waals surface area contributed by atoms with E-state index in [1.807, 2.05) is 0 Å². The van der Waals surface area contributed by atoms with E-state index in [-0.39, 0.29) is 17.6 Å². The van der Waals surface area contributed by atoms with E-state index in [0.29, 0.717) is 6.54 Å². The van der Waals surface area contributed by atoms with Crippen LogP contribution in [0, 0.1) is 12.3 Å². The molecule has 0 aliphatic rings. The molecule has 94 valence electrons. The molecule has 18 heavy (non-hydrogen) atoms. The van der Waals surface area contributed by atoms with Crippen LogP contribution in [0.2, 0.25) is 0 Å². The van der Waals surface area contributed by atoms with Crippen LogP contribution in [0.5, 0.6) is 0 Å². The normalized spacial score (nSPS) is 11.1. The molecule has 2 amide bonds. The molecule has 3 N–H and O–H groups in total. The molecule has 0 saturated carbocycles. The predicted molar refractivity (Wildman–Crippen MR) is 67.1 cm³/mol. The van der Waals surface area contributed by atoms with Crippen LogP contribution in [0.25, 0.3) is 0 Å². The van der Waals surface area contributed by atoms with E-state index in [9.17, 15) is 9.59 Å². The number of hydrogen-bond donors (Lipinski definition) is 3. The van der Waals surface area contributed by atoms with Crippen LogP contribution in [0.3, 0.4) is 0 Å². The first-order valence-electron chi connectivity index (χ1n) is 5.35. The summed E-state index contributed by atoms with van der Waals surface area (Å²) in [6.45, 7) is 2.00. The molecule has 0 aliphatic carbocycles. The number of aromatic carboxylic acids is 1. The molecule has 1 rings (SSSR count). The summed E-state index contributed by atoms with van der Waals surface area (Å²) in [5, 5.41) is 13.9. The van der Waals surface area contributed by atoms with E-state index in [4.69, 9.17) is 11.5 Å². The molecule has 0 saturated heterocycles. The molecule has 1 atom stereocenters. The van der Waals surface area contributed by atoms with E-state index in [1.165, 1.54) is 12.1 Å². The minimum atomic E-state index is -0.977. The Labute approximate surface area is 105 Å². The number of benzene rings is 1. The Kier molecular flexibility index (Phi) is 4.76. The summed E-state index contributed by atoms with van der Waals surface area (Å²) >= 11 is 0. The maximum Gasteiger partial charge on any atom is 0.335 e. The predicted octanol–water partition coefficient (Wildman–Crippen LogP) is 1.21. The summed E-state index contributed by atoms with van der Waals surface area (Å²) in [5.41, 5.74) is 1.02. The Balaban J connectivity index is 2.47. The van der Waals surface area contributed by atoms with Gasteiger partial charge in [0.25, 0.3) is 0 Å². The van der Waals surface area contributed by atoms with Crippen molar-refractivity contribution in [1.29, 1.82) is 0 Å². The van der Waals surface area contributed by atoms with Gasteiger partial charge >= 0.3 is 12.0 Å². The van der Waals surface area contributed by atoms with Crippen molar-refractivity contribution in [1.82, 2.24) is 10.6 Å². The van der Waals surface area contributed by atoms with E-state index in [0.717, 1.165) is 5.56 Å². The quantitative estimate of drug-likeness (QED) is 0.699. The number of rotatable bonds is 4. The number of amides is 2. The van der Waals surface area contributed by atoms with Crippen LogP contribution >= 0.6 is 0 Å². The molecule has 1 unspecified atom stereocenters.